The van der Waals surface area contributed by atoms with E-state index in [2.05, 4.69) is 5.32 Å². The molecule has 88 valence electrons. The molecule has 0 radical (unpaired) electrons. The molecule has 16 heavy (non-hydrogen) atoms. The van der Waals surface area contributed by atoms with Crippen molar-refractivity contribution in [1.82, 2.24) is 5.32 Å². The summed E-state index contributed by atoms with van der Waals surface area (Å²) in [4.78, 5) is 22.6. The highest BCUT2D eigenvalue weighted by Crippen LogP contribution is 2.12. The zero-order chi connectivity index (χ0) is 12.0. The third kappa shape index (κ3) is 3.66. The van der Waals surface area contributed by atoms with Gasteiger partial charge in [-0.15, -0.1) is 0 Å². The molecule has 1 aromatic rings. The molecule has 0 aliphatic rings. The van der Waals surface area contributed by atoms with Crippen LogP contribution in [0.5, 0.6) is 0 Å². The smallest absolute Gasteiger partial charge is 0.307 e. The quantitative estimate of drug-likeness (QED) is 0.799. The van der Waals surface area contributed by atoms with Crippen LogP contribution in [0.1, 0.15) is 29.3 Å². The first-order valence-corrected chi connectivity index (χ1v) is 6.06. The van der Waals surface area contributed by atoms with Gasteiger partial charge in [0.25, 0.3) is 5.91 Å². The van der Waals surface area contributed by atoms with Gasteiger partial charge in [-0.2, -0.15) is 11.3 Å². The summed E-state index contributed by atoms with van der Waals surface area (Å²) in [5.41, 5.74) is 1.63. The zero-order valence-electron chi connectivity index (χ0n) is 9.41. The Kier molecular flexibility index (Phi) is 4.98. The summed E-state index contributed by atoms with van der Waals surface area (Å²) in [5.74, 6) is -0.423. The van der Waals surface area contributed by atoms with E-state index in [9.17, 15) is 9.59 Å². The number of nitrogens with one attached hydrogen (secondary N) is 1. The Hall–Kier alpha value is -1.36. The molecule has 1 N–H and O–H groups in total. The maximum absolute atomic E-state index is 11.6. The minimum Gasteiger partial charge on any atom is -0.466 e. The van der Waals surface area contributed by atoms with E-state index in [1.165, 1.54) is 11.3 Å². The predicted molar refractivity (Wildman–Crippen MR) is 62.6 cm³/mol. The Morgan fingerprint density at radius 3 is 2.75 bits per heavy atom. The second-order valence-corrected chi connectivity index (χ2v) is 4.02. The van der Waals surface area contributed by atoms with Crippen molar-refractivity contribution in [3.8, 4) is 0 Å². The second-order valence-electron chi connectivity index (χ2n) is 3.28. The van der Waals surface area contributed by atoms with Crippen molar-refractivity contribution < 1.29 is 14.3 Å². The van der Waals surface area contributed by atoms with Crippen molar-refractivity contribution in [3.63, 3.8) is 0 Å². The van der Waals surface area contributed by atoms with Crippen LogP contribution in [0.25, 0.3) is 0 Å². The minimum absolute atomic E-state index is 0.136. The lowest BCUT2D eigenvalue weighted by atomic mass is 10.2. The molecular formula is C11H15NO3S. The molecule has 0 aromatic carbocycles. The molecule has 1 rings (SSSR count). The van der Waals surface area contributed by atoms with Gasteiger partial charge in [-0.3, -0.25) is 9.59 Å². The molecule has 5 heteroatoms. The molecule has 0 unspecified atom stereocenters. The molecule has 0 saturated heterocycles. The molecular weight excluding hydrogens is 226 g/mol. The summed E-state index contributed by atoms with van der Waals surface area (Å²) >= 11 is 1.49. The lowest BCUT2D eigenvalue weighted by Crippen LogP contribution is -2.26. The van der Waals surface area contributed by atoms with Crippen molar-refractivity contribution >= 4 is 23.2 Å². The molecule has 0 saturated carbocycles. The summed E-state index contributed by atoms with van der Waals surface area (Å²) in [7, 11) is 0. The van der Waals surface area contributed by atoms with Gasteiger partial charge in [-0.05, 0) is 24.8 Å². The van der Waals surface area contributed by atoms with E-state index in [-0.39, 0.29) is 18.3 Å². The van der Waals surface area contributed by atoms with Crippen LogP contribution in [0, 0.1) is 6.92 Å². The maximum atomic E-state index is 11.6. The van der Waals surface area contributed by atoms with E-state index < -0.39 is 0 Å². The fraction of sp³-hybridized carbons (Fsp3) is 0.455. The number of carbonyl (C=O) groups excluding carboxylic acids is 2. The summed E-state index contributed by atoms with van der Waals surface area (Å²) in [6.45, 7) is 4.32. The third-order valence-electron chi connectivity index (χ3n) is 2.02. The Labute approximate surface area is 98.6 Å². The van der Waals surface area contributed by atoms with Crippen LogP contribution in [0.3, 0.4) is 0 Å². The van der Waals surface area contributed by atoms with Gasteiger partial charge in [-0.25, -0.2) is 0 Å². The molecule has 0 aliphatic carbocycles. The van der Waals surface area contributed by atoms with E-state index in [1.807, 2.05) is 12.3 Å². The first-order chi connectivity index (χ1) is 7.65. The molecule has 1 amide bonds. The van der Waals surface area contributed by atoms with Crippen molar-refractivity contribution in [2.75, 3.05) is 13.2 Å². The van der Waals surface area contributed by atoms with Crippen LogP contribution in [-0.2, 0) is 9.53 Å². The average Bonchev–Trinajstić information content (AvgIpc) is 2.64. The van der Waals surface area contributed by atoms with Crippen LogP contribution >= 0.6 is 11.3 Å². The first kappa shape index (κ1) is 12.7. The molecule has 0 atom stereocenters. The molecule has 0 spiro atoms. The fourth-order valence-electron chi connectivity index (χ4n) is 1.20. The summed E-state index contributed by atoms with van der Waals surface area (Å²) in [5, 5.41) is 6.40. The van der Waals surface area contributed by atoms with Gasteiger partial charge in [-0.1, -0.05) is 0 Å². The van der Waals surface area contributed by atoms with Crippen molar-refractivity contribution in [3.05, 3.63) is 21.9 Å². The van der Waals surface area contributed by atoms with Gasteiger partial charge in [0.1, 0.15) is 0 Å². The maximum Gasteiger partial charge on any atom is 0.307 e. The van der Waals surface area contributed by atoms with Crippen LogP contribution < -0.4 is 5.32 Å². The summed E-state index contributed by atoms with van der Waals surface area (Å²) in [6.07, 6.45) is 0.211. The molecule has 1 aromatic heterocycles. The van der Waals surface area contributed by atoms with Gasteiger partial charge < -0.3 is 10.1 Å². The van der Waals surface area contributed by atoms with E-state index in [4.69, 9.17) is 4.74 Å². The van der Waals surface area contributed by atoms with Crippen molar-refractivity contribution in [2.45, 2.75) is 20.3 Å². The molecule has 4 nitrogen and oxygen atoms in total. The van der Waals surface area contributed by atoms with E-state index >= 15 is 0 Å². The van der Waals surface area contributed by atoms with Crippen LogP contribution in [0.4, 0.5) is 0 Å². The number of thiophene rings is 1. The van der Waals surface area contributed by atoms with Gasteiger partial charge in [0.05, 0.1) is 18.6 Å². The van der Waals surface area contributed by atoms with E-state index in [0.717, 1.165) is 5.56 Å². The van der Waals surface area contributed by atoms with Gasteiger partial charge >= 0.3 is 5.97 Å². The highest BCUT2D eigenvalue weighted by molar-refractivity contribution is 7.08. The molecule has 0 aliphatic heterocycles. The number of carbonyl (C=O) groups is 2. The minimum atomic E-state index is -0.287. The average molecular weight is 241 g/mol. The predicted octanol–water partition coefficient (Wildman–Crippen LogP) is 1.74. The normalized spacial score (nSPS) is 9.88. The number of hydrogen-bond acceptors (Lipinski definition) is 4. The lowest BCUT2D eigenvalue weighted by Gasteiger charge is -2.04. The number of ether oxygens (including phenoxy) is 1. The van der Waals surface area contributed by atoms with Crippen LogP contribution in [-0.4, -0.2) is 25.0 Å². The highest BCUT2D eigenvalue weighted by Gasteiger charge is 2.09. The van der Waals surface area contributed by atoms with Crippen LogP contribution in [0.15, 0.2) is 10.8 Å². The number of rotatable bonds is 5. The first-order valence-electron chi connectivity index (χ1n) is 5.11. The molecule has 0 bridgehead atoms. The number of esters is 1. The molecule has 1 heterocycles. The zero-order valence-corrected chi connectivity index (χ0v) is 10.2. The third-order valence-corrected chi connectivity index (χ3v) is 2.88. The van der Waals surface area contributed by atoms with E-state index in [0.29, 0.717) is 18.7 Å². The Bertz CT molecular complexity index is 373. The SMILES string of the molecule is CCOC(=O)CCNC(=O)c1cscc1C. The Balaban J connectivity index is 2.31. The standard InChI is InChI=1S/C11H15NO3S/c1-3-15-10(13)4-5-12-11(14)9-7-16-6-8(9)2/h6-7H,3-5H2,1-2H3,(H,12,14). The molecule has 0 fully saturated rings. The van der Waals surface area contributed by atoms with Crippen molar-refractivity contribution in [1.29, 1.82) is 0 Å². The Morgan fingerprint density at radius 2 is 2.19 bits per heavy atom. The Morgan fingerprint density at radius 1 is 1.44 bits per heavy atom. The number of aryl methyl sites for hydroxylation is 1. The number of hydrogen-bond donors (Lipinski definition) is 1. The monoisotopic (exact) mass is 241 g/mol. The lowest BCUT2D eigenvalue weighted by molar-refractivity contribution is -0.142. The fourth-order valence-corrected chi connectivity index (χ4v) is 2.03. The largest absolute Gasteiger partial charge is 0.466 e. The van der Waals surface area contributed by atoms with Crippen molar-refractivity contribution in [2.24, 2.45) is 0 Å². The van der Waals surface area contributed by atoms with Crippen LogP contribution in [0.2, 0.25) is 0 Å². The summed E-state index contributed by atoms with van der Waals surface area (Å²) < 4.78 is 4.75. The van der Waals surface area contributed by atoms with Gasteiger partial charge in [0.15, 0.2) is 0 Å². The van der Waals surface area contributed by atoms with Gasteiger partial charge in [0, 0.05) is 11.9 Å². The second kappa shape index (κ2) is 6.27. The van der Waals surface area contributed by atoms with Gasteiger partial charge in [0.2, 0.25) is 0 Å². The number of amides is 1. The summed E-state index contributed by atoms with van der Waals surface area (Å²) in [6, 6.07) is 0. The topological polar surface area (TPSA) is 55.4 Å². The van der Waals surface area contributed by atoms with E-state index in [1.54, 1.807) is 12.3 Å². The highest BCUT2D eigenvalue weighted by atomic mass is 32.1.